The first kappa shape index (κ1) is 18.9. The molecular weight excluding hydrogens is 407 g/mol. The third kappa shape index (κ3) is 2.62. The molecule has 0 spiro atoms. The highest BCUT2D eigenvalue weighted by Gasteiger charge is 2.60. The van der Waals surface area contributed by atoms with Gasteiger partial charge in [0.2, 0.25) is 9.84 Å². The number of alkyl halides is 1. The quantitative estimate of drug-likeness (QED) is 0.652. The smallest absolute Gasteiger partial charge is 0.360 e. The number of esters is 1. The second kappa shape index (κ2) is 6.56. The van der Waals surface area contributed by atoms with Crippen molar-refractivity contribution in [2.75, 3.05) is 7.11 Å². The van der Waals surface area contributed by atoms with Crippen molar-refractivity contribution in [1.29, 1.82) is 0 Å². The number of carbonyl (C=O) groups is 1. The van der Waals surface area contributed by atoms with Crippen molar-refractivity contribution in [3.63, 3.8) is 0 Å². The van der Waals surface area contributed by atoms with E-state index in [9.17, 15) is 13.2 Å². The molecule has 2 heterocycles. The van der Waals surface area contributed by atoms with Gasteiger partial charge in [0.15, 0.2) is 0 Å². The fraction of sp³-hybridized carbons (Fsp3) is 0.263. The van der Waals surface area contributed by atoms with Crippen LogP contribution in [0.3, 0.4) is 0 Å². The van der Waals surface area contributed by atoms with E-state index >= 15 is 4.39 Å². The molecule has 0 aliphatic heterocycles. The van der Waals surface area contributed by atoms with Gasteiger partial charge in [-0.1, -0.05) is 11.6 Å². The number of methoxy groups -OCH3 is 1. The lowest BCUT2D eigenvalue weighted by atomic mass is 9.98. The van der Waals surface area contributed by atoms with Gasteiger partial charge >= 0.3 is 11.0 Å². The lowest BCUT2D eigenvalue weighted by Crippen LogP contribution is -2.50. The van der Waals surface area contributed by atoms with Gasteiger partial charge in [-0.2, -0.15) is 0 Å². The highest BCUT2D eigenvalue weighted by molar-refractivity contribution is 7.93. The molecule has 0 amide bonds. The number of fused-ring (bicyclic) bond motifs is 3. The predicted octanol–water partition coefficient (Wildman–Crippen LogP) is 3.24. The second-order valence-corrected chi connectivity index (χ2v) is 9.21. The van der Waals surface area contributed by atoms with Gasteiger partial charge in [-0.15, -0.1) is 0 Å². The molecule has 0 unspecified atom stereocenters. The molecule has 2 atom stereocenters. The minimum absolute atomic E-state index is 0.0483. The van der Waals surface area contributed by atoms with Gasteiger partial charge in [0, 0.05) is 39.9 Å². The average Bonchev–Trinajstić information content (AvgIpc) is 3.25. The van der Waals surface area contributed by atoms with E-state index in [1.54, 1.807) is 18.2 Å². The summed E-state index contributed by atoms with van der Waals surface area (Å²) in [6.07, 6.45) is 2.50. The molecule has 2 aromatic heterocycles. The number of rotatable bonds is 4. The Hall–Kier alpha value is -2.45. The monoisotopic (exact) mass is 422 g/mol. The fourth-order valence-corrected chi connectivity index (χ4v) is 5.70. The fourth-order valence-electron chi connectivity index (χ4n) is 3.82. The molecule has 0 radical (unpaired) electrons. The van der Waals surface area contributed by atoms with E-state index in [2.05, 4.69) is 14.7 Å². The molecule has 0 saturated heterocycles. The van der Waals surface area contributed by atoms with Crippen molar-refractivity contribution in [2.45, 2.75) is 22.7 Å². The van der Waals surface area contributed by atoms with Crippen LogP contribution >= 0.6 is 11.6 Å². The van der Waals surface area contributed by atoms with Gasteiger partial charge in [0.05, 0.1) is 12.0 Å². The first-order valence-corrected chi connectivity index (χ1v) is 10.4. The summed E-state index contributed by atoms with van der Waals surface area (Å²) < 4.78 is 46.9. The molecule has 4 rings (SSSR count). The largest absolute Gasteiger partial charge is 0.466 e. The molecule has 0 bridgehead atoms. The summed E-state index contributed by atoms with van der Waals surface area (Å²) >= 11 is 6.06. The molecular formula is C19H16ClFN2O4S. The molecule has 3 aromatic rings. The number of H-pyrrole nitrogens is 1. The average molecular weight is 423 g/mol. The third-order valence-corrected chi connectivity index (χ3v) is 7.56. The lowest BCUT2D eigenvalue weighted by molar-refractivity contribution is -0.151. The Bertz CT molecular complexity index is 1180. The number of sulfone groups is 1. The first-order valence-electron chi connectivity index (χ1n) is 8.50. The second-order valence-electron chi connectivity index (χ2n) is 6.71. The number of aromatic amines is 1. The SMILES string of the molecule is COC(=O)[C@](F)([C@H]1Cc2[nH]c3ccc(Cl)cc3c2C1)S(=O)(=O)c1cccnc1. The Morgan fingerprint density at radius 1 is 1.36 bits per heavy atom. The summed E-state index contributed by atoms with van der Waals surface area (Å²) in [6.45, 7) is 0. The van der Waals surface area contributed by atoms with Gasteiger partial charge < -0.3 is 9.72 Å². The number of halogens is 2. The molecule has 9 heteroatoms. The number of nitrogens with zero attached hydrogens (tertiary/aromatic N) is 1. The first-order chi connectivity index (χ1) is 13.3. The molecule has 6 nitrogen and oxygen atoms in total. The number of nitrogens with one attached hydrogen (secondary N) is 1. The van der Waals surface area contributed by atoms with Gasteiger partial charge in [-0.05, 0) is 48.7 Å². The predicted molar refractivity (Wildman–Crippen MR) is 101 cm³/mol. The van der Waals surface area contributed by atoms with E-state index in [0.717, 1.165) is 29.8 Å². The lowest BCUT2D eigenvalue weighted by Gasteiger charge is -2.28. The van der Waals surface area contributed by atoms with E-state index < -0.39 is 26.7 Å². The number of ether oxygens (including phenoxy) is 1. The number of carbonyl (C=O) groups excluding carboxylic acids is 1. The Kier molecular flexibility index (Phi) is 4.43. The Morgan fingerprint density at radius 3 is 2.82 bits per heavy atom. The topological polar surface area (TPSA) is 89.1 Å². The van der Waals surface area contributed by atoms with Gasteiger partial charge in [0.1, 0.15) is 0 Å². The Labute approximate surface area is 165 Å². The summed E-state index contributed by atoms with van der Waals surface area (Å²) in [5.74, 6) is -2.58. The summed E-state index contributed by atoms with van der Waals surface area (Å²) in [4.78, 5) is 18.9. The van der Waals surface area contributed by atoms with E-state index in [0.29, 0.717) is 10.7 Å². The van der Waals surface area contributed by atoms with Crippen LogP contribution in [0.25, 0.3) is 10.9 Å². The van der Waals surface area contributed by atoms with E-state index in [1.165, 1.54) is 18.3 Å². The molecule has 1 aliphatic carbocycles. The number of benzene rings is 1. The van der Waals surface area contributed by atoms with Crippen molar-refractivity contribution < 1.29 is 22.3 Å². The van der Waals surface area contributed by atoms with E-state index in [-0.39, 0.29) is 17.7 Å². The van der Waals surface area contributed by atoms with E-state index in [1.807, 2.05) is 0 Å². The number of pyridine rings is 1. The highest BCUT2D eigenvalue weighted by Crippen LogP contribution is 2.44. The van der Waals surface area contributed by atoms with Crippen LogP contribution in [0.2, 0.25) is 5.02 Å². The van der Waals surface area contributed by atoms with Crippen molar-refractivity contribution in [3.05, 3.63) is 59.0 Å². The Morgan fingerprint density at radius 2 is 2.14 bits per heavy atom. The molecule has 1 aliphatic rings. The molecule has 28 heavy (non-hydrogen) atoms. The van der Waals surface area contributed by atoms with Crippen LogP contribution in [0.15, 0.2) is 47.6 Å². The number of hydrogen-bond acceptors (Lipinski definition) is 5. The van der Waals surface area contributed by atoms with Crippen molar-refractivity contribution in [2.24, 2.45) is 5.92 Å². The van der Waals surface area contributed by atoms with Crippen LogP contribution in [0.1, 0.15) is 11.3 Å². The van der Waals surface area contributed by atoms with Gasteiger partial charge in [-0.25, -0.2) is 17.6 Å². The summed E-state index contributed by atoms with van der Waals surface area (Å²) in [5, 5.41) is -1.94. The third-order valence-electron chi connectivity index (χ3n) is 5.18. The zero-order valence-electron chi connectivity index (χ0n) is 14.8. The van der Waals surface area contributed by atoms with Gasteiger partial charge in [0.25, 0.3) is 0 Å². The zero-order chi connectivity index (χ0) is 20.1. The van der Waals surface area contributed by atoms with Crippen molar-refractivity contribution >= 4 is 38.3 Å². The normalized spacial score (nSPS) is 18.6. The van der Waals surface area contributed by atoms with Gasteiger partial charge in [-0.3, -0.25) is 4.98 Å². The number of hydrogen-bond donors (Lipinski definition) is 1. The maximum Gasteiger partial charge on any atom is 0.360 e. The minimum Gasteiger partial charge on any atom is -0.466 e. The maximum absolute atomic E-state index is 16.1. The number of aromatic nitrogens is 2. The van der Waals surface area contributed by atoms with Crippen LogP contribution < -0.4 is 0 Å². The molecule has 1 N–H and O–H groups in total. The summed E-state index contributed by atoms with van der Waals surface area (Å²) in [6, 6.07) is 7.86. The van der Waals surface area contributed by atoms with Crippen molar-refractivity contribution in [1.82, 2.24) is 9.97 Å². The molecule has 146 valence electrons. The summed E-state index contributed by atoms with van der Waals surface area (Å²) in [7, 11) is -3.73. The summed E-state index contributed by atoms with van der Waals surface area (Å²) in [5.41, 5.74) is 2.27. The van der Waals surface area contributed by atoms with Crippen LogP contribution in [0.4, 0.5) is 4.39 Å². The minimum atomic E-state index is -4.70. The van der Waals surface area contributed by atoms with Crippen LogP contribution in [-0.2, 0) is 32.2 Å². The van der Waals surface area contributed by atoms with E-state index in [4.69, 9.17) is 11.6 Å². The van der Waals surface area contributed by atoms with Crippen LogP contribution in [0, 0.1) is 5.92 Å². The zero-order valence-corrected chi connectivity index (χ0v) is 16.3. The standard InChI is InChI=1S/C19H16ClFN2O4S/c1-27-18(24)19(21,28(25,26)13-3-2-6-22-10-13)11-7-14-15-9-12(20)4-5-16(15)23-17(14)8-11/h2-6,9-11,23H,7-8H2,1H3/t11-,19+/m1/s1. The van der Waals surface area contributed by atoms with Crippen molar-refractivity contribution in [3.8, 4) is 0 Å². The maximum atomic E-state index is 16.1. The molecule has 0 saturated carbocycles. The highest BCUT2D eigenvalue weighted by atomic mass is 35.5. The Balaban J connectivity index is 1.81. The van der Waals surface area contributed by atoms with Crippen LogP contribution in [-0.4, -0.2) is 36.5 Å². The van der Waals surface area contributed by atoms with Crippen LogP contribution in [0.5, 0.6) is 0 Å². The molecule has 1 aromatic carbocycles. The molecule has 0 fully saturated rings.